The fourth-order valence-electron chi connectivity index (χ4n) is 6.12. The van der Waals surface area contributed by atoms with Crippen LogP contribution in [0.3, 0.4) is 0 Å². The van der Waals surface area contributed by atoms with Crippen LogP contribution in [0.15, 0.2) is 108 Å². The van der Waals surface area contributed by atoms with Crippen LogP contribution in [0.2, 0.25) is 5.02 Å². The average molecular weight is 688 g/mol. The summed E-state index contributed by atoms with van der Waals surface area (Å²) in [5.41, 5.74) is 3.01. The molecular formula is C38H42ClN3O5S. The zero-order valence-electron chi connectivity index (χ0n) is 27.3. The van der Waals surface area contributed by atoms with E-state index in [1.54, 1.807) is 36.4 Å². The quantitative estimate of drug-likeness (QED) is 0.164. The van der Waals surface area contributed by atoms with E-state index < -0.39 is 28.5 Å². The lowest BCUT2D eigenvalue weighted by Crippen LogP contribution is -2.55. The van der Waals surface area contributed by atoms with Gasteiger partial charge in [0, 0.05) is 24.0 Å². The molecule has 1 N–H and O–H groups in total. The number of ether oxygens (including phenoxy) is 1. The second kappa shape index (κ2) is 16.2. The van der Waals surface area contributed by atoms with Crippen LogP contribution < -0.4 is 14.4 Å². The van der Waals surface area contributed by atoms with Gasteiger partial charge in [-0.25, -0.2) is 8.42 Å². The molecule has 4 aromatic rings. The Morgan fingerprint density at radius 1 is 0.875 bits per heavy atom. The Labute approximate surface area is 288 Å². The topological polar surface area (TPSA) is 96.0 Å². The van der Waals surface area contributed by atoms with E-state index in [2.05, 4.69) is 5.32 Å². The van der Waals surface area contributed by atoms with Gasteiger partial charge in [0.25, 0.3) is 10.0 Å². The van der Waals surface area contributed by atoms with Crippen molar-refractivity contribution >= 4 is 39.1 Å². The predicted octanol–water partition coefficient (Wildman–Crippen LogP) is 6.94. The fraction of sp³-hybridized carbons (Fsp3) is 0.316. The van der Waals surface area contributed by atoms with E-state index in [0.717, 1.165) is 53.1 Å². The van der Waals surface area contributed by atoms with Crippen molar-refractivity contribution in [2.24, 2.45) is 0 Å². The number of hydrogen-bond acceptors (Lipinski definition) is 5. The van der Waals surface area contributed by atoms with Crippen LogP contribution in [-0.2, 0) is 32.6 Å². The molecule has 1 saturated carbocycles. The standard InChI is InChI=1S/C38H42ClN3O5S/c1-28-10-9-13-30(24-28)26-41(36(25-29-11-5-3-6-12-29)38(44)40-32-14-7-4-8-15-32)37(43)27-42(33-18-16-31(39)17-19-33)48(45,46)35-22-20-34(47-2)21-23-35/h3,5-6,9-13,16-24,32,36H,4,7-8,14-15,25-27H2,1-2H3,(H,40,44)/t36-/m0/s1. The Morgan fingerprint density at radius 2 is 1.54 bits per heavy atom. The first-order chi connectivity index (χ1) is 23.1. The molecule has 4 aromatic carbocycles. The molecule has 0 aromatic heterocycles. The van der Waals surface area contributed by atoms with Crippen LogP contribution >= 0.6 is 11.6 Å². The minimum atomic E-state index is -4.24. The van der Waals surface area contributed by atoms with Gasteiger partial charge in [-0.05, 0) is 79.4 Å². The summed E-state index contributed by atoms with van der Waals surface area (Å²) in [5, 5.41) is 3.66. The first-order valence-electron chi connectivity index (χ1n) is 16.3. The molecule has 1 fully saturated rings. The molecule has 1 atom stereocenters. The van der Waals surface area contributed by atoms with Crippen LogP contribution in [0, 0.1) is 6.92 Å². The third-order valence-corrected chi connectivity index (χ3v) is 10.7. The van der Waals surface area contributed by atoms with Crippen molar-refractivity contribution < 1.29 is 22.7 Å². The summed E-state index contributed by atoms with van der Waals surface area (Å²) in [6.45, 7) is 1.55. The molecule has 0 unspecified atom stereocenters. The lowest BCUT2D eigenvalue weighted by atomic mass is 9.94. The lowest BCUT2D eigenvalue weighted by Gasteiger charge is -2.35. The highest BCUT2D eigenvalue weighted by Gasteiger charge is 2.35. The maximum atomic E-state index is 14.7. The van der Waals surface area contributed by atoms with Gasteiger partial charge < -0.3 is 15.0 Å². The van der Waals surface area contributed by atoms with E-state index in [0.29, 0.717) is 10.8 Å². The molecule has 0 aliphatic heterocycles. The molecule has 2 amide bonds. The molecule has 5 rings (SSSR count). The van der Waals surface area contributed by atoms with E-state index in [1.807, 2.05) is 61.5 Å². The predicted molar refractivity (Wildman–Crippen MR) is 190 cm³/mol. The van der Waals surface area contributed by atoms with Crippen molar-refractivity contribution in [1.82, 2.24) is 10.2 Å². The van der Waals surface area contributed by atoms with Crippen LogP contribution in [0.25, 0.3) is 0 Å². The lowest BCUT2D eigenvalue weighted by molar-refractivity contribution is -0.140. The summed E-state index contributed by atoms with van der Waals surface area (Å²) < 4.78 is 34.8. The van der Waals surface area contributed by atoms with Gasteiger partial charge in [0.05, 0.1) is 17.7 Å². The van der Waals surface area contributed by atoms with Gasteiger partial charge in [0.2, 0.25) is 11.8 Å². The number of hydrogen-bond donors (Lipinski definition) is 1. The highest BCUT2D eigenvalue weighted by atomic mass is 35.5. The number of aryl methyl sites for hydroxylation is 1. The molecule has 252 valence electrons. The zero-order chi connectivity index (χ0) is 34.1. The summed E-state index contributed by atoms with van der Waals surface area (Å²) in [7, 11) is -2.74. The van der Waals surface area contributed by atoms with Crippen LogP contribution in [0.4, 0.5) is 5.69 Å². The number of carbonyl (C=O) groups is 2. The van der Waals surface area contributed by atoms with Crippen LogP contribution in [-0.4, -0.2) is 50.9 Å². The van der Waals surface area contributed by atoms with Crippen molar-refractivity contribution in [2.45, 2.75) is 69.0 Å². The van der Waals surface area contributed by atoms with Crippen molar-refractivity contribution in [1.29, 1.82) is 0 Å². The normalized spacial score (nSPS) is 14.1. The number of methoxy groups -OCH3 is 1. The van der Waals surface area contributed by atoms with Crippen molar-refractivity contribution in [3.63, 3.8) is 0 Å². The Kier molecular flexibility index (Phi) is 11.8. The summed E-state index contributed by atoms with van der Waals surface area (Å²) in [5.74, 6) is -0.258. The molecule has 0 saturated heterocycles. The average Bonchev–Trinajstić information content (AvgIpc) is 3.10. The second-order valence-electron chi connectivity index (χ2n) is 12.2. The SMILES string of the molecule is COc1ccc(S(=O)(=O)N(CC(=O)N(Cc2cccc(C)c2)[C@@H](Cc2ccccc2)C(=O)NC2CCCCC2)c2ccc(Cl)cc2)cc1. The molecule has 0 spiro atoms. The van der Waals surface area contributed by atoms with Gasteiger partial charge in [-0.1, -0.05) is 91.0 Å². The monoisotopic (exact) mass is 687 g/mol. The van der Waals surface area contributed by atoms with Gasteiger partial charge in [0.1, 0.15) is 18.3 Å². The second-order valence-corrected chi connectivity index (χ2v) is 14.5. The van der Waals surface area contributed by atoms with E-state index in [-0.39, 0.29) is 35.5 Å². The van der Waals surface area contributed by atoms with Crippen molar-refractivity contribution in [2.75, 3.05) is 18.0 Å². The van der Waals surface area contributed by atoms with Crippen molar-refractivity contribution in [3.05, 3.63) is 125 Å². The van der Waals surface area contributed by atoms with Gasteiger partial charge in [0.15, 0.2) is 0 Å². The maximum Gasteiger partial charge on any atom is 0.264 e. The molecule has 0 radical (unpaired) electrons. The molecule has 0 heterocycles. The van der Waals surface area contributed by atoms with E-state index >= 15 is 0 Å². The fourth-order valence-corrected chi connectivity index (χ4v) is 7.66. The molecule has 48 heavy (non-hydrogen) atoms. The van der Waals surface area contributed by atoms with E-state index in [9.17, 15) is 18.0 Å². The summed E-state index contributed by atoms with van der Waals surface area (Å²) in [6, 6.07) is 28.8. The Morgan fingerprint density at radius 3 is 2.19 bits per heavy atom. The van der Waals surface area contributed by atoms with Gasteiger partial charge in [-0.15, -0.1) is 0 Å². The number of benzene rings is 4. The van der Waals surface area contributed by atoms with Crippen LogP contribution in [0.1, 0.15) is 48.8 Å². The van der Waals surface area contributed by atoms with Gasteiger partial charge >= 0.3 is 0 Å². The Hall–Kier alpha value is -4.34. The van der Waals surface area contributed by atoms with Gasteiger partial charge in [-0.3, -0.25) is 13.9 Å². The first kappa shape index (κ1) is 35.0. The number of amides is 2. The number of nitrogens with one attached hydrogen (secondary N) is 1. The highest BCUT2D eigenvalue weighted by molar-refractivity contribution is 7.92. The third kappa shape index (κ3) is 8.96. The first-order valence-corrected chi connectivity index (χ1v) is 18.1. The molecule has 10 heteroatoms. The summed E-state index contributed by atoms with van der Waals surface area (Å²) in [4.78, 5) is 30.4. The smallest absolute Gasteiger partial charge is 0.264 e. The van der Waals surface area contributed by atoms with E-state index in [4.69, 9.17) is 16.3 Å². The van der Waals surface area contributed by atoms with Gasteiger partial charge in [-0.2, -0.15) is 0 Å². The molecule has 0 bridgehead atoms. The number of rotatable bonds is 13. The number of sulfonamides is 1. The summed E-state index contributed by atoms with van der Waals surface area (Å²) >= 11 is 6.17. The number of anilines is 1. The van der Waals surface area contributed by atoms with E-state index in [1.165, 1.54) is 24.1 Å². The Bertz CT molecular complexity index is 1780. The van der Waals surface area contributed by atoms with Crippen LogP contribution in [0.5, 0.6) is 5.75 Å². The Balaban J connectivity index is 1.56. The minimum absolute atomic E-state index is 0.00726. The zero-order valence-corrected chi connectivity index (χ0v) is 28.9. The molecule has 8 nitrogen and oxygen atoms in total. The third-order valence-electron chi connectivity index (χ3n) is 8.70. The number of halogens is 1. The molecular weight excluding hydrogens is 646 g/mol. The number of carbonyl (C=O) groups excluding carboxylic acids is 2. The summed E-state index contributed by atoms with van der Waals surface area (Å²) in [6.07, 6.45) is 5.27. The maximum absolute atomic E-state index is 14.7. The number of nitrogens with zero attached hydrogens (tertiary/aromatic N) is 2. The largest absolute Gasteiger partial charge is 0.497 e. The minimum Gasteiger partial charge on any atom is -0.497 e. The molecule has 1 aliphatic rings. The highest BCUT2D eigenvalue weighted by Crippen LogP contribution is 2.28. The molecule has 1 aliphatic carbocycles. The van der Waals surface area contributed by atoms with Crippen molar-refractivity contribution in [3.8, 4) is 5.75 Å².